The number of fused-ring (bicyclic) bond motifs is 1. The van der Waals surface area contributed by atoms with Gasteiger partial charge < -0.3 is 4.74 Å². The van der Waals surface area contributed by atoms with Gasteiger partial charge in [-0.15, -0.1) is 0 Å². The molecule has 3 rings (SSSR count). The number of rotatable bonds is 2. The van der Waals surface area contributed by atoms with Crippen LogP contribution in [0.15, 0.2) is 40.9 Å². The van der Waals surface area contributed by atoms with Crippen LogP contribution < -0.4 is 0 Å². The Bertz CT molecular complexity index is 561. The quantitative estimate of drug-likeness (QED) is 0.671. The van der Waals surface area contributed by atoms with E-state index in [1.807, 2.05) is 0 Å². The summed E-state index contributed by atoms with van der Waals surface area (Å²) in [4.78, 5) is 0.373. The van der Waals surface area contributed by atoms with E-state index in [4.69, 9.17) is 4.74 Å². The summed E-state index contributed by atoms with van der Waals surface area (Å²) in [6.45, 7) is 1.75. The third-order valence-corrected chi connectivity index (χ3v) is 5.51. The Morgan fingerprint density at radius 2 is 1.89 bits per heavy atom. The normalized spacial score (nSPS) is 21.3. The zero-order chi connectivity index (χ0) is 12.5. The third-order valence-electron chi connectivity index (χ3n) is 3.58. The van der Waals surface area contributed by atoms with Crippen LogP contribution in [-0.4, -0.2) is 13.2 Å². The van der Waals surface area contributed by atoms with E-state index in [9.17, 15) is 0 Å². The summed E-state index contributed by atoms with van der Waals surface area (Å²) in [6, 6.07) is 12.9. The van der Waals surface area contributed by atoms with Gasteiger partial charge in [0.15, 0.2) is 0 Å². The summed E-state index contributed by atoms with van der Waals surface area (Å²) in [5.41, 5.74) is 1.37. The van der Waals surface area contributed by atoms with E-state index < -0.39 is 0 Å². The van der Waals surface area contributed by atoms with Gasteiger partial charge in [0.05, 0.1) is 6.61 Å². The Hall–Kier alpha value is -0.380. The SMILES string of the molecule is Brc1ccc(C(Br)C2CCOC2)c2ccccc12. The lowest BCUT2D eigenvalue weighted by atomic mass is 9.94. The molecule has 94 valence electrons. The van der Waals surface area contributed by atoms with Gasteiger partial charge in [-0.3, -0.25) is 0 Å². The van der Waals surface area contributed by atoms with Crippen molar-refractivity contribution >= 4 is 42.6 Å². The number of alkyl halides is 1. The Labute approximate surface area is 124 Å². The highest BCUT2D eigenvalue weighted by atomic mass is 79.9. The van der Waals surface area contributed by atoms with Crippen LogP contribution in [0.2, 0.25) is 0 Å². The van der Waals surface area contributed by atoms with Gasteiger partial charge in [0.1, 0.15) is 0 Å². The molecule has 2 unspecified atom stereocenters. The van der Waals surface area contributed by atoms with Crippen LogP contribution in [0.3, 0.4) is 0 Å². The first-order valence-electron chi connectivity index (χ1n) is 6.16. The van der Waals surface area contributed by atoms with Gasteiger partial charge in [-0.2, -0.15) is 0 Å². The van der Waals surface area contributed by atoms with Crippen LogP contribution in [0.4, 0.5) is 0 Å². The van der Waals surface area contributed by atoms with Crippen molar-refractivity contribution in [3.8, 4) is 0 Å². The molecule has 0 radical (unpaired) electrons. The van der Waals surface area contributed by atoms with E-state index in [0.717, 1.165) is 24.1 Å². The van der Waals surface area contributed by atoms with Crippen molar-refractivity contribution in [2.24, 2.45) is 5.92 Å². The molecule has 2 aromatic carbocycles. The number of hydrogen-bond acceptors (Lipinski definition) is 1. The summed E-state index contributed by atoms with van der Waals surface area (Å²) >= 11 is 7.49. The smallest absolute Gasteiger partial charge is 0.0509 e. The second kappa shape index (κ2) is 5.32. The third kappa shape index (κ3) is 2.24. The molecule has 0 saturated carbocycles. The van der Waals surface area contributed by atoms with Crippen LogP contribution in [0, 0.1) is 5.92 Å². The first kappa shape index (κ1) is 12.6. The van der Waals surface area contributed by atoms with Crippen LogP contribution in [0.5, 0.6) is 0 Å². The molecule has 3 heteroatoms. The molecule has 1 fully saturated rings. The highest BCUT2D eigenvalue weighted by molar-refractivity contribution is 9.10. The second-order valence-electron chi connectivity index (χ2n) is 4.71. The fourth-order valence-electron chi connectivity index (χ4n) is 2.56. The average molecular weight is 370 g/mol. The zero-order valence-electron chi connectivity index (χ0n) is 9.90. The second-order valence-corrected chi connectivity index (χ2v) is 6.55. The van der Waals surface area contributed by atoms with Crippen LogP contribution >= 0.6 is 31.9 Å². The van der Waals surface area contributed by atoms with Gasteiger partial charge in [-0.1, -0.05) is 62.2 Å². The molecule has 0 amide bonds. The van der Waals surface area contributed by atoms with Crippen LogP contribution in [0.1, 0.15) is 16.8 Å². The topological polar surface area (TPSA) is 9.23 Å². The lowest BCUT2D eigenvalue weighted by Gasteiger charge is -2.18. The predicted molar refractivity (Wildman–Crippen MR) is 82.2 cm³/mol. The lowest BCUT2D eigenvalue weighted by molar-refractivity contribution is 0.185. The Kier molecular flexibility index (Phi) is 3.73. The standard InChI is InChI=1S/C15H14Br2O/c16-14-6-5-13(11-3-1-2-4-12(11)14)15(17)10-7-8-18-9-10/h1-6,10,15H,7-9H2. The van der Waals surface area contributed by atoms with Crippen molar-refractivity contribution in [3.05, 3.63) is 46.4 Å². The van der Waals surface area contributed by atoms with Gasteiger partial charge in [0.25, 0.3) is 0 Å². The monoisotopic (exact) mass is 368 g/mol. The molecular formula is C15H14Br2O. The van der Waals surface area contributed by atoms with E-state index in [0.29, 0.717) is 10.7 Å². The molecule has 0 aliphatic carbocycles. The summed E-state index contributed by atoms with van der Waals surface area (Å²) in [6.07, 6.45) is 1.14. The molecule has 1 nitrogen and oxygen atoms in total. The van der Waals surface area contributed by atoms with Crippen LogP contribution in [0.25, 0.3) is 10.8 Å². The van der Waals surface area contributed by atoms with E-state index in [1.165, 1.54) is 16.3 Å². The van der Waals surface area contributed by atoms with Crippen molar-refractivity contribution in [3.63, 3.8) is 0 Å². The minimum Gasteiger partial charge on any atom is -0.381 e. The first-order valence-corrected chi connectivity index (χ1v) is 7.87. The van der Waals surface area contributed by atoms with E-state index in [1.54, 1.807) is 0 Å². The average Bonchev–Trinajstić information content (AvgIpc) is 2.93. The van der Waals surface area contributed by atoms with Gasteiger partial charge in [0.2, 0.25) is 0 Å². The summed E-state index contributed by atoms with van der Waals surface area (Å²) in [5.74, 6) is 0.578. The maximum Gasteiger partial charge on any atom is 0.0509 e. The zero-order valence-corrected chi connectivity index (χ0v) is 13.1. The summed E-state index contributed by atoms with van der Waals surface area (Å²) < 4.78 is 6.65. The molecule has 1 heterocycles. The molecule has 0 bridgehead atoms. The van der Waals surface area contributed by atoms with Crippen molar-refractivity contribution in [2.45, 2.75) is 11.2 Å². The maximum absolute atomic E-state index is 5.50. The first-order chi connectivity index (χ1) is 8.77. The highest BCUT2D eigenvalue weighted by Crippen LogP contribution is 2.40. The number of halogens is 2. The molecule has 1 saturated heterocycles. The maximum atomic E-state index is 5.50. The fourth-order valence-corrected chi connectivity index (χ4v) is 3.86. The van der Waals surface area contributed by atoms with Gasteiger partial charge in [-0.25, -0.2) is 0 Å². The Morgan fingerprint density at radius 1 is 1.11 bits per heavy atom. The molecule has 0 spiro atoms. The van der Waals surface area contributed by atoms with E-state index in [-0.39, 0.29) is 0 Å². The summed E-state index contributed by atoms with van der Waals surface area (Å²) in [5, 5.41) is 2.60. The predicted octanol–water partition coefficient (Wildman–Crippen LogP) is 5.07. The van der Waals surface area contributed by atoms with Crippen molar-refractivity contribution in [1.29, 1.82) is 0 Å². The van der Waals surface area contributed by atoms with Gasteiger partial charge in [0, 0.05) is 21.8 Å². The van der Waals surface area contributed by atoms with Gasteiger partial charge >= 0.3 is 0 Å². The van der Waals surface area contributed by atoms with E-state index >= 15 is 0 Å². The molecule has 1 aliphatic heterocycles. The fraction of sp³-hybridized carbons (Fsp3) is 0.333. The minimum absolute atomic E-state index is 0.373. The largest absolute Gasteiger partial charge is 0.381 e. The van der Waals surface area contributed by atoms with Crippen molar-refractivity contribution < 1.29 is 4.74 Å². The number of hydrogen-bond donors (Lipinski definition) is 0. The molecular weight excluding hydrogens is 356 g/mol. The van der Waals surface area contributed by atoms with Crippen molar-refractivity contribution in [2.75, 3.05) is 13.2 Å². The molecule has 2 atom stereocenters. The lowest BCUT2D eigenvalue weighted by Crippen LogP contribution is -2.07. The van der Waals surface area contributed by atoms with E-state index in [2.05, 4.69) is 68.3 Å². The highest BCUT2D eigenvalue weighted by Gasteiger charge is 2.26. The minimum atomic E-state index is 0.373. The number of benzene rings is 2. The van der Waals surface area contributed by atoms with Gasteiger partial charge in [-0.05, 0) is 28.8 Å². The summed E-state index contributed by atoms with van der Waals surface area (Å²) in [7, 11) is 0. The molecule has 2 aromatic rings. The van der Waals surface area contributed by atoms with Crippen molar-refractivity contribution in [1.82, 2.24) is 0 Å². The Balaban J connectivity index is 2.08. The molecule has 0 N–H and O–H groups in total. The number of ether oxygens (including phenoxy) is 1. The van der Waals surface area contributed by atoms with Crippen LogP contribution in [-0.2, 0) is 4.74 Å². The molecule has 18 heavy (non-hydrogen) atoms. The Morgan fingerprint density at radius 3 is 2.61 bits per heavy atom. The molecule has 1 aliphatic rings. The molecule has 0 aromatic heterocycles.